The number of ether oxygens (including phenoxy) is 1. The van der Waals surface area contributed by atoms with Crippen molar-refractivity contribution in [2.24, 2.45) is 0 Å². The molecule has 128 valence electrons. The molecule has 0 N–H and O–H groups in total. The quantitative estimate of drug-likeness (QED) is 0.853. The van der Waals surface area contributed by atoms with E-state index in [1.807, 2.05) is 37.4 Å². The van der Waals surface area contributed by atoms with Crippen molar-refractivity contribution >= 4 is 10.0 Å². The van der Waals surface area contributed by atoms with E-state index in [-0.39, 0.29) is 6.04 Å². The third-order valence-electron chi connectivity index (χ3n) is 4.49. The maximum atomic E-state index is 12.9. The number of hydrogen-bond donors (Lipinski definition) is 0. The van der Waals surface area contributed by atoms with E-state index >= 15 is 0 Å². The predicted molar refractivity (Wildman–Crippen MR) is 93.6 cm³/mol. The number of likely N-dealkylation sites (N-methyl/N-ethyl adjacent to an activating group) is 1. The van der Waals surface area contributed by atoms with Crippen molar-refractivity contribution in [2.45, 2.75) is 10.9 Å². The number of nitrogens with zero attached hydrogens (tertiary/aromatic N) is 2. The first-order valence-corrected chi connectivity index (χ1v) is 9.36. The van der Waals surface area contributed by atoms with E-state index in [9.17, 15) is 8.42 Å². The number of sulfonamides is 1. The third-order valence-corrected chi connectivity index (χ3v) is 6.37. The fourth-order valence-corrected chi connectivity index (χ4v) is 4.44. The molecular formula is C18H22N2O3S. The van der Waals surface area contributed by atoms with Crippen LogP contribution in [0.4, 0.5) is 0 Å². The molecule has 0 unspecified atom stereocenters. The average molecular weight is 346 g/mol. The Kier molecular flexibility index (Phi) is 4.89. The van der Waals surface area contributed by atoms with Crippen LogP contribution in [0.15, 0.2) is 59.5 Å². The second-order valence-electron chi connectivity index (χ2n) is 5.95. The number of benzene rings is 2. The Morgan fingerprint density at radius 3 is 2.29 bits per heavy atom. The Morgan fingerprint density at radius 1 is 1.00 bits per heavy atom. The molecule has 5 nitrogen and oxygen atoms in total. The lowest BCUT2D eigenvalue weighted by Gasteiger charge is -2.39. The molecule has 6 heteroatoms. The summed E-state index contributed by atoms with van der Waals surface area (Å²) in [5, 5.41) is 0. The number of hydrogen-bond acceptors (Lipinski definition) is 4. The van der Waals surface area contributed by atoms with Crippen molar-refractivity contribution < 1.29 is 13.2 Å². The minimum Gasteiger partial charge on any atom is -0.497 e. The number of methoxy groups -OCH3 is 1. The lowest BCUT2D eigenvalue weighted by molar-refractivity contribution is 0.148. The molecule has 1 aliphatic rings. The lowest BCUT2D eigenvalue weighted by Crippen LogP contribution is -2.48. The third kappa shape index (κ3) is 3.31. The lowest BCUT2D eigenvalue weighted by atomic mass is 10.0. The molecule has 0 saturated carbocycles. The van der Waals surface area contributed by atoms with Crippen LogP contribution in [0.2, 0.25) is 0 Å². The van der Waals surface area contributed by atoms with Gasteiger partial charge in [-0.1, -0.05) is 30.3 Å². The van der Waals surface area contributed by atoms with E-state index in [1.54, 1.807) is 35.7 Å². The number of rotatable bonds is 4. The van der Waals surface area contributed by atoms with Crippen molar-refractivity contribution in [1.29, 1.82) is 0 Å². The minimum absolute atomic E-state index is 0.0629. The van der Waals surface area contributed by atoms with Crippen molar-refractivity contribution in [1.82, 2.24) is 9.21 Å². The van der Waals surface area contributed by atoms with E-state index in [0.717, 1.165) is 5.56 Å². The standard InChI is InChI=1S/C18H22N2O3S/c1-19-12-13-20(14-18(19)15-6-4-3-5-7-15)24(21,22)17-10-8-16(23-2)9-11-17/h3-11,18H,12-14H2,1-2H3/t18-/m1/s1. The zero-order valence-corrected chi connectivity index (χ0v) is 14.7. The van der Waals surface area contributed by atoms with Gasteiger partial charge in [-0.25, -0.2) is 8.42 Å². The fourth-order valence-electron chi connectivity index (χ4n) is 3.00. The highest BCUT2D eigenvalue weighted by Crippen LogP contribution is 2.28. The summed E-state index contributed by atoms with van der Waals surface area (Å²) in [6.45, 7) is 1.65. The van der Waals surface area contributed by atoms with Gasteiger partial charge in [0.15, 0.2) is 0 Å². The Hall–Kier alpha value is -1.89. The maximum absolute atomic E-state index is 12.9. The normalized spacial score (nSPS) is 20.0. The zero-order chi connectivity index (χ0) is 17.2. The zero-order valence-electron chi connectivity index (χ0n) is 13.9. The Morgan fingerprint density at radius 2 is 1.67 bits per heavy atom. The van der Waals surface area contributed by atoms with E-state index in [4.69, 9.17) is 4.74 Å². The van der Waals surface area contributed by atoms with Crippen molar-refractivity contribution in [3.8, 4) is 5.75 Å². The smallest absolute Gasteiger partial charge is 0.243 e. The van der Waals surface area contributed by atoms with E-state index in [2.05, 4.69) is 4.90 Å². The molecule has 0 radical (unpaired) electrons. The molecule has 1 heterocycles. The molecule has 1 fully saturated rings. The van der Waals surface area contributed by atoms with Crippen molar-refractivity contribution in [3.63, 3.8) is 0 Å². The molecular weight excluding hydrogens is 324 g/mol. The minimum atomic E-state index is -3.50. The van der Waals surface area contributed by atoms with Crippen molar-refractivity contribution in [3.05, 3.63) is 60.2 Å². The van der Waals surface area contributed by atoms with Gasteiger partial charge in [0.05, 0.1) is 12.0 Å². The van der Waals surface area contributed by atoms with Crippen LogP contribution in [0.25, 0.3) is 0 Å². The van der Waals surface area contributed by atoms with Crippen LogP contribution in [-0.2, 0) is 10.0 Å². The molecule has 1 aliphatic heterocycles. The van der Waals surface area contributed by atoms with Crippen LogP contribution >= 0.6 is 0 Å². The van der Waals surface area contributed by atoms with Crippen LogP contribution in [0.3, 0.4) is 0 Å². The summed E-state index contributed by atoms with van der Waals surface area (Å²) in [4.78, 5) is 2.51. The molecule has 1 atom stereocenters. The highest BCUT2D eigenvalue weighted by molar-refractivity contribution is 7.89. The molecule has 0 aromatic heterocycles. The van der Waals surface area contributed by atoms with Gasteiger partial charge in [0.2, 0.25) is 10.0 Å². The summed E-state index contributed by atoms with van der Waals surface area (Å²) < 4.78 is 32.6. The van der Waals surface area contributed by atoms with Gasteiger partial charge in [0.1, 0.15) is 5.75 Å². The molecule has 2 aromatic rings. The van der Waals surface area contributed by atoms with Crippen LogP contribution < -0.4 is 4.74 Å². The largest absolute Gasteiger partial charge is 0.497 e. The molecule has 0 amide bonds. The predicted octanol–water partition coefficient (Wildman–Crippen LogP) is 2.37. The van der Waals surface area contributed by atoms with Gasteiger partial charge >= 0.3 is 0 Å². The first kappa shape index (κ1) is 17.0. The van der Waals surface area contributed by atoms with Gasteiger partial charge in [0, 0.05) is 25.7 Å². The van der Waals surface area contributed by atoms with Gasteiger partial charge in [-0.15, -0.1) is 0 Å². The van der Waals surface area contributed by atoms with Gasteiger partial charge in [-0.3, -0.25) is 4.90 Å². The molecule has 24 heavy (non-hydrogen) atoms. The summed E-state index contributed by atoms with van der Waals surface area (Å²) >= 11 is 0. The average Bonchev–Trinajstić information content (AvgIpc) is 2.62. The van der Waals surface area contributed by atoms with Crippen LogP contribution in [-0.4, -0.2) is 51.4 Å². The molecule has 0 bridgehead atoms. The first-order chi connectivity index (χ1) is 11.5. The van der Waals surface area contributed by atoms with Gasteiger partial charge < -0.3 is 4.74 Å². The Balaban J connectivity index is 1.85. The second-order valence-corrected chi connectivity index (χ2v) is 7.88. The Labute approximate surface area is 143 Å². The summed E-state index contributed by atoms with van der Waals surface area (Å²) in [6, 6.07) is 16.7. The summed E-state index contributed by atoms with van der Waals surface area (Å²) in [6.07, 6.45) is 0. The van der Waals surface area contributed by atoms with Crippen LogP contribution in [0.1, 0.15) is 11.6 Å². The number of piperazine rings is 1. The van der Waals surface area contributed by atoms with E-state index in [1.165, 1.54) is 0 Å². The first-order valence-electron chi connectivity index (χ1n) is 7.92. The Bertz CT molecular complexity index is 776. The summed E-state index contributed by atoms with van der Waals surface area (Å²) in [5.74, 6) is 0.648. The molecule has 0 spiro atoms. The summed E-state index contributed by atoms with van der Waals surface area (Å²) in [5.41, 5.74) is 1.13. The highest BCUT2D eigenvalue weighted by Gasteiger charge is 2.33. The van der Waals surface area contributed by atoms with Crippen LogP contribution in [0, 0.1) is 0 Å². The monoisotopic (exact) mass is 346 g/mol. The molecule has 1 saturated heterocycles. The van der Waals surface area contributed by atoms with Gasteiger partial charge in [0.25, 0.3) is 0 Å². The van der Waals surface area contributed by atoms with Gasteiger partial charge in [-0.05, 0) is 36.9 Å². The van der Waals surface area contributed by atoms with E-state index in [0.29, 0.717) is 30.3 Å². The van der Waals surface area contributed by atoms with Crippen molar-refractivity contribution in [2.75, 3.05) is 33.8 Å². The van der Waals surface area contributed by atoms with Crippen LogP contribution in [0.5, 0.6) is 5.75 Å². The van der Waals surface area contributed by atoms with Gasteiger partial charge in [-0.2, -0.15) is 4.31 Å². The summed E-state index contributed by atoms with van der Waals surface area (Å²) in [7, 11) is 0.100. The maximum Gasteiger partial charge on any atom is 0.243 e. The molecule has 3 rings (SSSR count). The highest BCUT2D eigenvalue weighted by atomic mass is 32.2. The topological polar surface area (TPSA) is 49.9 Å². The second kappa shape index (κ2) is 6.93. The SMILES string of the molecule is COc1ccc(S(=O)(=O)N2CCN(C)[C@@H](c3ccccc3)C2)cc1. The molecule has 2 aromatic carbocycles. The fraction of sp³-hybridized carbons (Fsp3) is 0.333. The van der Waals surface area contributed by atoms with E-state index < -0.39 is 10.0 Å². The molecule has 0 aliphatic carbocycles.